The number of nitrogens with zero attached hydrogens (tertiary/aromatic N) is 1. The summed E-state index contributed by atoms with van der Waals surface area (Å²) in [7, 11) is 1.31. The van der Waals surface area contributed by atoms with E-state index in [4.69, 9.17) is 16.3 Å². The van der Waals surface area contributed by atoms with Crippen LogP contribution in [0, 0.1) is 0 Å². The number of hydrogen-bond donors (Lipinski definition) is 0. The molecule has 0 aliphatic heterocycles. The highest BCUT2D eigenvalue weighted by atomic mass is 35.5. The van der Waals surface area contributed by atoms with Gasteiger partial charge >= 0.3 is 5.97 Å². The van der Waals surface area contributed by atoms with E-state index in [2.05, 4.69) is 9.72 Å². The molecule has 0 spiro atoms. The van der Waals surface area contributed by atoms with Crippen molar-refractivity contribution in [3.63, 3.8) is 0 Å². The number of methoxy groups -OCH3 is 1. The second kappa shape index (κ2) is 5.23. The van der Waals surface area contributed by atoms with Crippen LogP contribution < -0.4 is 4.74 Å². The fourth-order valence-corrected chi connectivity index (χ4v) is 1.93. The van der Waals surface area contributed by atoms with E-state index in [0.717, 1.165) is 0 Å². The first-order chi connectivity index (χ1) is 8.67. The van der Waals surface area contributed by atoms with E-state index in [1.165, 1.54) is 13.3 Å². The molecular formula is C13H12ClNO3. The van der Waals surface area contributed by atoms with Crippen LogP contribution in [-0.4, -0.2) is 24.7 Å². The lowest BCUT2D eigenvalue weighted by atomic mass is 10.1. The van der Waals surface area contributed by atoms with Crippen molar-refractivity contribution < 1.29 is 14.3 Å². The lowest BCUT2D eigenvalue weighted by Crippen LogP contribution is -2.03. The summed E-state index contributed by atoms with van der Waals surface area (Å²) in [5.41, 5.74) is 0.955. The van der Waals surface area contributed by atoms with Crippen molar-refractivity contribution in [1.29, 1.82) is 0 Å². The normalized spacial score (nSPS) is 10.4. The van der Waals surface area contributed by atoms with Gasteiger partial charge in [0.1, 0.15) is 5.75 Å². The molecule has 0 fully saturated rings. The minimum absolute atomic E-state index is 0.250. The van der Waals surface area contributed by atoms with Gasteiger partial charge in [0.2, 0.25) is 0 Å². The summed E-state index contributed by atoms with van der Waals surface area (Å²) >= 11 is 6.19. The highest BCUT2D eigenvalue weighted by Crippen LogP contribution is 2.29. The molecule has 0 amide bonds. The second-order valence-corrected chi connectivity index (χ2v) is 3.97. The molecule has 0 atom stereocenters. The van der Waals surface area contributed by atoms with E-state index in [1.54, 1.807) is 12.1 Å². The first-order valence-electron chi connectivity index (χ1n) is 5.46. The van der Waals surface area contributed by atoms with Crippen molar-refractivity contribution in [3.05, 3.63) is 35.0 Å². The third-order valence-corrected chi connectivity index (χ3v) is 2.90. The van der Waals surface area contributed by atoms with Gasteiger partial charge < -0.3 is 9.47 Å². The summed E-state index contributed by atoms with van der Waals surface area (Å²) in [5.74, 6) is 0.187. The maximum atomic E-state index is 11.5. The molecule has 2 aromatic rings. The average Bonchev–Trinajstić information content (AvgIpc) is 2.39. The molecule has 1 aromatic heterocycles. The van der Waals surface area contributed by atoms with Crippen molar-refractivity contribution in [3.8, 4) is 5.75 Å². The zero-order valence-electron chi connectivity index (χ0n) is 10.1. The average molecular weight is 266 g/mol. The Hall–Kier alpha value is -1.81. The van der Waals surface area contributed by atoms with Gasteiger partial charge in [-0.15, -0.1) is 0 Å². The first-order valence-corrected chi connectivity index (χ1v) is 5.84. The molecule has 0 aliphatic rings. The van der Waals surface area contributed by atoms with E-state index in [0.29, 0.717) is 28.3 Å². The van der Waals surface area contributed by atoms with Crippen molar-refractivity contribution in [1.82, 2.24) is 4.98 Å². The molecule has 4 nitrogen and oxygen atoms in total. The summed E-state index contributed by atoms with van der Waals surface area (Å²) in [5, 5.41) is 0.999. The van der Waals surface area contributed by atoms with Gasteiger partial charge in [-0.1, -0.05) is 11.6 Å². The molecule has 18 heavy (non-hydrogen) atoms. The number of rotatable bonds is 3. The topological polar surface area (TPSA) is 48.4 Å². The number of aromatic nitrogens is 1. The minimum atomic E-state index is -0.504. The third-order valence-electron chi connectivity index (χ3n) is 2.49. The number of halogens is 1. The molecule has 5 heteroatoms. The van der Waals surface area contributed by atoms with Crippen molar-refractivity contribution in [2.24, 2.45) is 0 Å². The lowest BCUT2D eigenvalue weighted by Gasteiger charge is -2.08. The number of carbonyl (C=O) groups is 1. The summed E-state index contributed by atoms with van der Waals surface area (Å²) in [6.07, 6.45) is 1.41. The van der Waals surface area contributed by atoms with Gasteiger partial charge in [0.05, 0.1) is 29.8 Å². The molecule has 1 aromatic carbocycles. The maximum absolute atomic E-state index is 11.5. The predicted molar refractivity (Wildman–Crippen MR) is 69.3 cm³/mol. The Morgan fingerprint density at radius 3 is 2.89 bits per heavy atom. The minimum Gasteiger partial charge on any atom is -0.494 e. The van der Waals surface area contributed by atoms with Crippen LogP contribution in [0.5, 0.6) is 5.75 Å². The summed E-state index contributed by atoms with van der Waals surface area (Å²) < 4.78 is 10.0. The molecule has 0 aliphatic carbocycles. The number of hydrogen-bond acceptors (Lipinski definition) is 4. The summed E-state index contributed by atoms with van der Waals surface area (Å²) in [4.78, 5) is 15.7. The van der Waals surface area contributed by atoms with Crippen LogP contribution in [0.4, 0.5) is 0 Å². The van der Waals surface area contributed by atoms with Gasteiger partial charge in [0.25, 0.3) is 0 Å². The maximum Gasteiger partial charge on any atom is 0.340 e. The Kier molecular flexibility index (Phi) is 3.67. The highest BCUT2D eigenvalue weighted by molar-refractivity contribution is 6.38. The number of esters is 1. The van der Waals surface area contributed by atoms with Gasteiger partial charge in [-0.25, -0.2) is 4.79 Å². The number of ether oxygens (including phenoxy) is 2. The molecule has 0 bridgehead atoms. The Balaban J connectivity index is 2.60. The van der Waals surface area contributed by atoms with Gasteiger partial charge in [-0.05, 0) is 25.1 Å². The van der Waals surface area contributed by atoms with Crippen LogP contribution in [0.25, 0.3) is 10.9 Å². The van der Waals surface area contributed by atoms with Gasteiger partial charge in [0.15, 0.2) is 0 Å². The SMILES string of the molecule is CCOc1ccc2ncc(C(=O)OC)c(Cl)c2c1. The molecule has 1 heterocycles. The largest absolute Gasteiger partial charge is 0.494 e. The molecular weight excluding hydrogens is 254 g/mol. The Morgan fingerprint density at radius 1 is 1.44 bits per heavy atom. The Morgan fingerprint density at radius 2 is 2.22 bits per heavy atom. The van der Waals surface area contributed by atoms with E-state index in [-0.39, 0.29) is 5.56 Å². The van der Waals surface area contributed by atoms with Crippen LogP contribution in [0.15, 0.2) is 24.4 Å². The number of benzene rings is 1. The molecule has 0 unspecified atom stereocenters. The molecule has 2 rings (SSSR count). The number of pyridine rings is 1. The Labute approximate surface area is 109 Å². The van der Waals surface area contributed by atoms with Crippen molar-refractivity contribution >= 4 is 28.5 Å². The molecule has 0 radical (unpaired) electrons. The van der Waals surface area contributed by atoms with Crippen molar-refractivity contribution in [2.45, 2.75) is 6.92 Å². The van der Waals surface area contributed by atoms with Crippen LogP contribution in [0.2, 0.25) is 5.02 Å². The molecule has 0 N–H and O–H groups in total. The molecule has 94 valence electrons. The second-order valence-electron chi connectivity index (χ2n) is 3.59. The zero-order chi connectivity index (χ0) is 13.1. The van der Waals surface area contributed by atoms with E-state index >= 15 is 0 Å². The van der Waals surface area contributed by atoms with E-state index in [1.807, 2.05) is 13.0 Å². The number of fused-ring (bicyclic) bond motifs is 1. The van der Waals surface area contributed by atoms with Crippen molar-refractivity contribution in [2.75, 3.05) is 13.7 Å². The predicted octanol–water partition coefficient (Wildman–Crippen LogP) is 3.07. The quantitative estimate of drug-likeness (QED) is 0.800. The van der Waals surface area contributed by atoms with Crippen LogP contribution in [0.1, 0.15) is 17.3 Å². The van der Waals surface area contributed by atoms with E-state index < -0.39 is 5.97 Å². The van der Waals surface area contributed by atoms with Gasteiger partial charge in [0, 0.05) is 11.6 Å². The fraction of sp³-hybridized carbons (Fsp3) is 0.231. The van der Waals surface area contributed by atoms with Crippen LogP contribution in [-0.2, 0) is 4.74 Å². The monoisotopic (exact) mass is 265 g/mol. The van der Waals surface area contributed by atoms with Crippen LogP contribution in [0.3, 0.4) is 0 Å². The summed E-state index contributed by atoms with van der Waals surface area (Å²) in [6.45, 7) is 2.46. The standard InChI is InChI=1S/C13H12ClNO3/c1-3-18-8-4-5-11-9(6-8)12(14)10(7-15-11)13(16)17-2/h4-7H,3H2,1-2H3. The fourth-order valence-electron chi connectivity index (χ4n) is 1.65. The first kappa shape index (κ1) is 12.6. The van der Waals surface area contributed by atoms with Crippen LogP contribution >= 0.6 is 11.6 Å². The molecule has 0 saturated heterocycles. The highest BCUT2D eigenvalue weighted by Gasteiger charge is 2.14. The van der Waals surface area contributed by atoms with Gasteiger partial charge in [-0.3, -0.25) is 4.98 Å². The third kappa shape index (κ3) is 2.24. The Bertz CT molecular complexity index is 598. The lowest BCUT2D eigenvalue weighted by molar-refractivity contribution is 0.0600. The zero-order valence-corrected chi connectivity index (χ0v) is 10.8. The summed E-state index contributed by atoms with van der Waals surface area (Å²) in [6, 6.07) is 5.38. The van der Waals surface area contributed by atoms with E-state index in [9.17, 15) is 4.79 Å². The smallest absolute Gasteiger partial charge is 0.340 e. The molecule has 0 saturated carbocycles. The number of carbonyl (C=O) groups excluding carboxylic acids is 1. The van der Waals surface area contributed by atoms with Gasteiger partial charge in [-0.2, -0.15) is 0 Å².